The van der Waals surface area contributed by atoms with Crippen molar-refractivity contribution in [3.63, 3.8) is 0 Å². The van der Waals surface area contributed by atoms with Crippen LogP contribution in [0.4, 0.5) is 0 Å². The molecule has 2 aromatic rings. The maximum atomic E-state index is 13.0. The zero-order valence-electron chi connectivity index (χ0n) is 15.1. The summed E-state index contributed by atoms with van der Waals surface area (Å²) in [4.78, 5) is 21.2. The smallest absolute Gasteiger partial charge is 0.257 e. The average Bonchev–Trinajstić information content (AvgIpc) is 3.18. The summed E-state index contributed by atoms with van der Waals surface area (Å²) in [5, 5.41) is 3.81. The standard InChI is InChI=1S/C18H24N4O3/c1-12-9-22(10-15(12)21(3)4)18(23)14-7-5-6-8-16(14)24-11-17-19-13(2)25-20-17/h5-8,12,15H,9-11H2,1-4H3/t12-,15+/m0/s1. The zero-order valence-corrected chi connectivity index (χ0v) is 15.1. The largest absolute Gasteiger partial charge is 0.485 e. The Morgan fingerprint density at radius 1 is 1.36 bits per heavy atom. The van der Waals surface area contributed by atoms with E-state index in [0.29, 0.717) is 35.0 Å². The highest BCUT2D eigenvalue weighted by atomic mass is 16.5. The number of hydrogen-bond donors (Lipinski definition) is 0. The van der Waals surface area contributed by atoms with Crippen molar-refractivity contribution in [3.05, 3.63) is 41.5 Å². The van der Waals surface area contributed by atoms with E-state index >= 15 is 0 Å². The lowest BCUT2D eigenvalue weighted by molar-refractivity contribution is 0.0776. The maximum absolute atomic E-state index is 13.0. The van der Waals surface area contributed by atoms with Crippen molar-refractivity contribution < 1.29 is 14.1 Å². The van der Waals surface area contributed by atoms with E-state index in [9.17, 15) is 4.79 Å². The summed E-state index contributed by atoms with van der Waals surface area (Å²) in [6.45, 7) is 5.55. The van der Waals surface area contributed by atoms with Crippen molar-refractivity contribution in [2.24, 2.45) is 5.92 Å². The molecule has 2 heterocycles. The van der Waals surface area contributed by atoms with Gasteiger partial charge in [0, 0.05) is 26.1 Å². The Morgan fingerprint density at radius 2 is 2.12 bits per heavy atom. The number of ether oxygens (including phenoxy) is 1. The Balaban J connectivity index is 1.73. The number of likely N-dealkylation sites (tertiary alicyclic amines) is 1. The number of hydrogen-bond acceptors (Lipinski definition) is 6. The van der Waals surface area contributed by atoms with Gasteiger partial charge in [-0.15, -0.1) is 0 Å². The van der Waals surface area contributed by atoms with E-state index in [0.717, 1.165) is 13.1 Å². The summed E-state index contributed by atoms with van der Waals surface area (Å²) < 4.78 is 10.7. The molecule has 0 bridgehead atoms. The number of aryl methyl sites for hydroxylation is 1. The monoisotopic (exact) mass is 344 g/mol. The third-order valence-electron chi connectivity index (χ3n) is 4.57. The minimum atomic E-state index is -0.00362. The van der Waals surface area contributed by atoms with Crippen LogP contribution in [0.1, 0.15) is 29.0 Å². The Hall–Kier alpha value is -2.41. The van der Waals surface area contributed by atoms with Crippen molar-refractivity contribution >= 4 is 5.91 Å². The number of amides is 1. The predicted molar refractivity (Wildman–Crippen MR) is 92.4 cm³/mol. The van der Waals surface area contributed by atoms with Gasteiger partial charge in [-0.1, -0.05) is 24.2 Å². The molecule has 3 rings (SSSR count). The zero-order chi connectivity index (χ0) is 18.0. The van der Waals surface area contributed by atoms with E-state index in [1.54, 1.807) is 19.1 Å². The van der Waals surface area contributed by atoms with Gasteiger partial charge in [-0.3, -0.25) is 4.79 Å². The Kier molecular flexibility index (Phi) is 5.03. The fraction of sp³-hybridized carbons (Fsp3) is 0.500. The molecule has 0 radical (unpaired) electrons. The molecule has 7 nitrogen and oxygen atoms in total. The summed E-state index contributed by atoms with van der Waals surface area (Å²) in [5.41, 5.74) is 0.564. The lowest BCUT2D eigenvalue weighted by Crippen LogP contribution is -2.35. The molecule has 1 aromatic heterocycles. The lowest BCUT2D eigenvalue weighted by atomic mass is 10.1. The van der Waals surface area contributed by atoms with Gasteiger partial charge in [0.05, 0.1) is 5.56 Å². The molecule has 0 spiro atoms. The van der Waals surface area contributed by atoms with Crippen molar-refractivity contribution in [1.29, 1.82) is 0 Å². The number of rotatable bonds is 5. The third-order valence-corrected chi connectivity index (χ3v) is 4.57. The molecule has 0 unspecified atom stereocenters. The lowest BCUT2D eigenvalue weighted by Gasteiger charge is -2.22. The second-order valence-electron chi connectivity index (χ2n) is 6.73. The Labute approximate surface area is 147 Å². The SMILES string of the molecule is Cc1nc(COc2ccccc2C(=O)N2C[C@@H](N(C)C)[C@@H](C)C2)no1. The van der Waals surface area contributed by atoms with Gasteiger partial charge < -0.3 is 19.1 Å². The minimum absolute atomic E-state index is 0.00362. The fourth-order valence-electron chi connectivity index (χ4n) is 3.27. The molecule has 25 heavy (non-hydrogen) atoms. The van der Waals surface area contributed by atoms with Crippen LogP contribution in [0, 0.1) is 12.8 Å². The Bertz CT molecular complexity index is 743. The molecule has 0 aliphatic carbocycles. The maximum Gasteiger partial charge on any atom is 0.257 e. The van der Waals surface area contributed by atoms with Gasteiger partial charge in [-0.25, -0.2) is 0 Å². The molecular weight excluding hydrogens is 320 g/mol. The van der Waals surface area contributed by atoms with E-state index < -0.39 is 0 Å². The first kappa shape index (κ1) is 17.4. The van der Waals surface area contributed by atoms with Crippen LogP contribution >= 0.6 is 0 Å². The summed E-state index contributed by atoms with van der Waals surface area (Å²) in [7, 11) is 4.11. The summed E-state index contributed by atoms with van der Waals surface area (Å²) >= 11 is 0. The summed E-state index contributed by atoms with van der Waals surface area (Å²) in [6, 6.07) is 7.67. The topological polar surface area (TPSA) is 71.7 Å². The number of nitrogens with zero attached hydrogens (tertiary/aromatic N) is 4. The molecule has 1 aromatic carbocycles. The van der Waals surface area contributed by atoms with Gasteiger partial charge in [-0.05, 0) is 32.1 Å². The first-order valence-electron chi connectivity index (χ1n) is 8.42. The highest BCUT2D eigenvalue weighted by Gasteiger charge is 2.34. The molecular formula is C18H24N4O3. The van der Waals surface area contributed by atoms with Crippen LogP contribution in [0.15, 0.2) is 28.8 Å². The number of carbonyl (C=O) groups is 1. The van der Waals surface area contributed by atoms with Crippen LogP contribution in [-0.2, 0) is 6.61 Å². The number of benzene rings is 1. The quantitative estimate of drug-likeness (QED) is 0.826. The van der Waals surface area contributed by atoms with E-state index in [4.69, 9.17) is 9.26 Å². The molecule has 134 valence electrons. The van der Waals surface area contributed by atoms with Crippen molar-refractivity contribution in [3.8, 4) is 5.75 Å². The van der Waals surface area contributed by atoms with Crippen LogP contribution < -0.4 is 4.74 Å². The number of para-hydroxylation sites is 1. The molecule has 1 aliphatic heterocycles. The molecule has 7 heteroatoms. The molecule has 1 saturated heterocycles. The Morgan fingerprint density at radius 3 is 2.76 bits per heavy atom. The second-order valence-corrected chi connectivity index (χ2v) is 6.73. The fourth-order valence-corrected chi connectivity index (χ4v) is 3.27. The van der Waals surface area contributed by atoms with E-state index in [1.165, 1.54) is 0 Å². The molecule has 2 atom stereocenters. The van der Waals surface area contributed by atoms with E-state index in [-0.39, 0.29) is 12.5 Å². The van der Waals surface area contributed by atoms with Gasteiger partial charge in [-0.2, -0.15) is 4.98 Å². The van der Waals surface area contributed by atoms with Gasteiger partial charge in [0.2, 0.25) is 11.7 Å². The van der Waals surface area contributed by atoms with E-state index in [1.807, 2.05) is 17.0 Å². The molecule has 0 N–H and O–H groups in total. The number of aromatic nitrogens is 2. The molecule has 0 saturated carbocycles. The molecule has 1 aliphatic rings. The molecule has 1 fully saturated rings. The van der Waals surface area contributed by atoms with Crippen molar-refractivity contribution in [2.75, 3.05) is 27.2 Å². The van der Waals surface area contributed by atoms with Gasteiger partial charge in [0.15, 0.2) is 6.61 Å². The molecule has 1 amide bonds. The van der Waals surface area contributed by atoms with Crippen LogP contribution in [0.2, 0.25) is 0 Å². The van der Waals surface area contributed by atoms with Crippen LogP contribution in [0.25, 0.3) is 0 Å². The predicted octanol–water partition coefficient (Wildman–Crippen LogP) is 1.98. The average molecular weight is 344 g/mol. The van der Waals surface area contributed by atoms with Crippen LogP contribution in [-0.4, -0.2) is 59.1 Å². The normalized spacial score (nSPS) is 20.3. The van der Waals surface area contributed by atoms with Crippen molar-refractivity contribution in [1.82, 2.24) is 19.9 Å². The van der Waals surface area contributed by atoms with Crippen LogP contribution in [0.5, 0.6) is 5.75 Å². The summed E-state index contributed by atoms with van der Waals surface area (Å²) in [6.07, 6.45) is 0. The second kappa shape index (κ2) is 7.23. The summed E-state index contributed by atoms with van der Waals surface area (Å²) in [5.74, 6) is 1.92. The first-order valence-corrected chi connectivity index (χ1v) is 8.42. The third kappa shape index (κ3) is 3.82. The van der Waals surface area contributed by atoms with Gasteiger partial charge in [0.25, 0.3) is 5.91 Å². The van der Waals surface area contributed by atoms with Crippen molar-refractivity contribution in [2.45, 2.75) is 26.5 Å². The minimum Gasteiger partial charge on any atom is -0.485 e. The highest BCUT2D eigenvalue weighted by molar-refractivity contribution is 5.97. The number of carbonyl (C=O) groups excluding carboxylic acids is 1. The van der Waals surface area contributed by atoms with E-state index in [2.05, 4.69) is 36.1 Å². The van der Waals surface area contributed by atoms with Crippen LogP contribution in [0.3, 0.4) is 0 Å². The van der Waals surface area contributed by atoms with Gasteiger partial charge >= 0.3 is 0 Å². The van der Waals surface area contributed by atoms with Gasteiger partial charge in [0.1, 0.15) is 5.75 Å². The highest BCUT2D eigenvalue weighted by Crippen LogP contribution is 2.26. The number of likely N-dealkylation sites (N-methyl/N-ethyl adjacent to an activating group) is 1. The first-order chi connectivity index (χ1) is 12.0.